The van der Waals surface area contributed by atoms with E-state index in [-0.39, 0.29) is 11.6 Å². The second kappa shape index (κ2) is 5.88. The lowest BCUT2D eigenvalue weighted by Crippen LogP contribution is -2.18. The van der Waals surface area contributed by atoms with Crippen molar-refractivity contribution in [1.29, 1.82) is 0 Å². The average molecular weight is 314 g/mol. The summed E-state index contributed by atoms with van der Waals surface area (Å²) in [4.78, 5) is 16.6. The first-order valence-corrected chi connectivity index (χ1v) is 8.05. The summed E-state index contributed by atoms with van der Waals surface area (Å²) in [6.45, 7) is 6.44. The van der Waals surface area contributed by atoms with Gasteiger partial charge in [-0.1, -0.05) is 49.4 Å². The Morgan fingerprint density at radius 3 is 2.68 bits per heavy atom. The molecule has 3 aromatic rings. The van der Waals surface area contributed by atoms with Crippen LogP contribution in [0.1, 0.15) is 31.0 Å². The van der Waals surface area contributed by atoms with Crippen LogP contribution in [0.2, 0.25) is 0 Å². The van der Waals surface area contributed by atoms with Crippen molar-refractivity contribution in [2.24, 2.45) is 5.92 Å². The minimum Gasteiger partial charge on any atom is -0.353 e. The molecule has 0 aliphatic heterocycles. The third-order valence-electron chi connectivity index (χ3n) is 3.64. The number of aromatic nitrogens is 3. The maximum atomic E-state index is 11.8. The van der Waals surface area contributed by atoms with Crippen LogP contribution in [0.4, 0.5) is 5.13 Å². The van der Waals surface area contributed by atoms with Crippen LogP contribution in [0.3, 0.4) is 0 Å². The molecular weight excluding hydrogens is 296 g/mol. The molecule has 114 valence electrons. The molecule has 5 nitrogen and oxygen atoms in total. The Kier molecular flexibility index (Phi) is 3.94. The molecule has 2 heterocycles. The maximum Gasteiger partial charge on any atom is 0.275 e. The fourth-order valence-electron chi connectivity index (χ4n) is 2.47. The van der Waals surface area contributed by atoms with Crippen LogP contribution in [0.15, 0.2) is 41.3 Å². The van der Waals surface area contributed by atoms with Crippen LogP contribution in [-0.2, 0) is 0 Å². The molecule has 0 spiro atoms. The number of aryl methyl sites for hydroxylation is 1. The van der Waals surface area contributed by atoms with Crippen molar-refractivity contribution >= 4 is 21.4 Å². The van der Waals surface area contributed by atoms with Crippen LogP contribution in [-0.4, -0.2) is 14.6 Å². The monoisotopic (exact) mass is 314 g/mol. The van der Waals surface area contributed by atoms with Crippen molar-refractivity contribution in [1.82, 2.24) is 14.6 Å². The predicted octanol–water partition coefficient (Wildman–Crippen LogP) is 3.27. The van der Waals surface area contributed by atoms with Crippen molar-refractivity contribution < 1.29 is 0 Å². The fraction of sp³-hybridized carbons (Fsp3) is 0.312. The van der Waals surface area contributed by atoms with Gasteiger partial charge in [0.05, 0.1) is 6.04 Å². The summed E-state index contributed by atoms with van der Waals surface area (Å²) in [6.07, 6.45) is 1.51. The predicted molar refractivity (Wildman–Crippen MR) is 89.5 cm³/mol. The Bertz CT molecular complexity index is 852. The van der Waals surface area contributed by atoms with Gasteiger partial charge in [0.15, 0.2) is 0 Å². The highest BCUT2D eigenvalue weighted by Gasteiger charge is 2.19. The number of nitrogens with zero attached hydrogens (tertiary/aromatic N) is 3. The molecule has 0 bridgehead atoms. The molecule has 0 saturated heterocycles. The Morgan fingerprint density at radius 1 is 1.23 bits per heavy atom. The number of benzene rings is 1. The van der Waals surface area contributed by atoms with E-state index in [9.17, 15) is 4.79 Å². The molecule has 0 aliphatic carbocycles. The Morgan fingerprint density at radius 2 is 2.00 bits per heavy atom. The van der Waals surface area contributed by atoms with E-state index in [0.717, 1.165) is 0 Å². The zero-order valence-electron chi connectivity index (χ0n) is 12.8. The number of anilines is 1. The lowest BCUT2D eigenvalue weighted by atomic mass is 9.93. The molecule has 0 radical (unpaired) electrons. The normalized spacial score (nSPS) is 12.7. The molecule has 2 aromatic heterocycles. The molecule has 1 aromatic carbocycles. The zero-order chi connectivity index (χ0) is 15.7. The summed E-state index contributed by atoms with van der Waals surface area (Å²) in [7, 11) is 0. The van der Waals surface area contributed by atoms with Gasteiger partial charge in [0, 0.05) is 12.3 Å². The smallest absolute Gasteiger partial charge is 0.275 e. The van der Waals surface area contributed by atoms with Gasteiger partial charge in [-0.2, -0.15) is 4.52 Å². The van der Waals surface area contributed by atoms with Gasteiger partial charge in [-0.05, 0) is 24.0 Å². The number of hydrogen-bond donors (Lipinski definition) is 1. The van der Waals surface area contributed by atoms with Crippen molar-refractivity contribution in [3.63, 3.8) is 0 Å². The number of rotatable bonds is 4. The van der Waals surface area contributed by atoms with Crippen LogP contribution in [0.5, 0.6) is 0 Å². The lowest BCUT2D eigenvalue weighted by Gasteiger charge is -2.23. The number of nitrogens with one attached hydrogen (secondary N) is 1. The van der Waals surface area contributed by atoms with Crippen LogP contribution in [0, 0.1) is 12.8 Å². The van der Waals surface area contributed by atoms with Crippen LogP contribution >= 0.6 is 11.3 Å². The summed E-state index contributed by atoms with van der Waals surface area (Å²) in [5.74, 6) is 0.387. The first kappa shape index (κ1) is 14.7. The van der Waals surface area contributed by atoms with Gasteiger partial charge in [-0.15, -0.1) is 5.10 Å². The van der Waals surface area contributed by atoms with E-state index in [1.54, 1.807) is 0 Å². The zero-order valence-corrected chi connectivity index (χ0v) is 13.6. The van der Waals surface area contributed by atoms with Gasteiger partial charge in [0.25, 0.3) is 5.56 Å². The van der Waals surface area contributed by atoms with Crippen molar-refractivity contribution in [2.75, 3.05) is 5.32 Å². The molecule has 22 heavy (non-hydrogen) atoms. The van der Waals surface area contributed by atoms with Crippen LogP contribution in [0.25, 0.3) is 4.96 Å². The largest absolute Gasteiger partial charge is 0.353 e. The molecule has 0 fully saturated rings. The van der Waals surface area contributed by atoms with E-state index in [4.69, 9.17) is 0 Å². The minimum atomic E-state index is -0.161. The quantitative estimate of drug-likeness (QED) is 0.803. The summed E-state index contributed by atoms with van der Waals surface area (Å²) in [5, 5.41) is 8.50. The molecule has 1 unspecified atom stereocenters. The first-order valence-electron chi connectivity index (χ1n) is 7.23. The number of hydrogen-bond acceptors (Lipinski definition) is 5. The van der Waals surface area contributed by atoms with Gasteiger partial charge in [-0.25, -0.2) is 4.98 Å². The van der Waals surface area contributed by atoms with Crippen molar-refractivity contribution in [2.45, 2.75) is 26.8 Å². The number of fused-ring (bicyclic) bond motifs is 1. The van der Waals surface area contributed by atoms with Gasteiger partial charge >= 0.3 is 0 Å². The highest BCUT2D eigenvalue weighted by molar-refractivity contribution is 7.20. The average Bonchev–Trinajstić information content (AvgIpc) is 2.90. The molecule has 1 atom stereocenters. The second-order valence-electron chi connectivity index (χ2n) is 5.61. The highest BCUT2D eigenvalue weighted by Crippen LogP contribution is 2.30. The molecule has 3 rings (SSSR count). The van der Waals surface area contributed by atoms with Crippen molar-refractivity contribution in [3.05, 3.63) is 58.0 Å². The van der Waals surface area contributed by atoms with E-state index in [1.807, 2.05) is 12.1 Å². The Labute approximate surface area is 132 Å². The SMILES string of the molecule is Cc1ccccc1C(Nc1nn2c(=O)ccnc2s1)C(C)C. The molecule has 1 N–H and O–H groups in total. The summed E-state index contributed by atoms with van der Waals surface area (Å²) in [5.41, 5.74) is 2.33. The minimum absolute atomic E-state index is 0.137. The Balaban J connectivity index is 1.98. The third-order valence-corrected chi connectivity index (χ3v) is 4.49. The van der Waals surface area contributed by atoms with Gasteiger partial charge in [0.2, 0.25) is 10.1 Å². The molecule has 0 amide bonds. The fourth-order valence-corrected chi connectivity index (χ4v) is 3.29. The van der Waals surface area contributed by atoms with E-state index in [2.05, 4.69) is 48.3 Å². The maximum absolute atomic E-state index is 11.8. The highest BCUT2D eigenvalue weighted by atomic mass is 32.1. The van der Waals surface area contributed by atoms with E-state index in [1.165, 1.54) is 39.2 Å². The van der Waals surface area contributed by atoms with E-state index in [0.29, 0.717) is 16.0 Å². The van der Waals surface area contributed by atoms with Gasteiger partial charge in [0.1, 0.15) is 0 Å². The van der Waals surface area contributed by atoms with E-state index < -0.39 is 0 Å². The van der Waals surface area contributed by atoms with Gasteiger partial charge in [-0.3, -0.25) is 4.79 Å². The van der Waals surface area contributed by atoms with Gasteiger partial charge < -0.3 is 5.32 Å². The Hall–Kier alpha value is -2.21. The molecule has 0 aliphatic rings. The lowest BCUT2D eigenvalue weighted by molar-refractivity contribution is 0.543. The van der Waals surface area contributed by atoms with Crippen molar-refractivity contribution in [3.8, 4) is 0 Å². The first-order chi connectivity index (χ1) is 10.6. The topological polar surface area (TPSA) is 59.3 Å². The summed E-state index contributed by atoms with van der Waals surface area (Å²) >= 11 is 1.39. The summed E-state index contributed by atoms with van der Waals surface area (Å²) in [6, 6.07) is 9.87. The van der Waals surface area contributed by atoms with Crippen LogP contribution < -0.4 is 10.9 Å². The standard InChI is InChI=1S/C16H18N4OS/c1-10(2)14(12-7-5-4-6-11(12)3)18-15-19-20-13(21)8-9-17-16(20)22-15/h4-10,14H,1-3H3,(H,18,19). The van der Waals surface area contributed by atoms with E-state index >= 15 is 0 Å². The molecule has 0 saturated carbocycles. The molecule has 6 heteroatoms. The second-order valence-corrected chi connectivity index (χ2v) is 6.56. The molecular formula is C16H18N4OS. The third kappa shape index (κ3) is 2.74. The summed E-state index contributed by atoms with van der Waals surface area (Å²) < 4.78 is 1.34.